The Morgan fingerprint density at radius 1 is 1.36 bits per heavy atom. The van der Waals surface area contributed by atoms with Gasteiger partial charge in [-0.3, -0.25) is 4.79 Å². The van der Waals surface area contributed by atoms with Crippen molar-refractivity contribution in [3.63, 3.8) is 0 Å². The Labute approximate surface area is 133 Å². The molecular formula is C17H16ClNO3. The molecule has 0 aliphatic carbocycles. The first kappa shape index (κ1) is 13.9. The molecule has 3 heterocycles. The minimum Gasteiger partial charge on any atom is -0.467 e. The maximum atomic E-state index is 12.4. The number of nitrogens with zero attached hydrogens (tertiary/aromatic N) is 1. The molecule has 0 unspecified atom stereocenters. The van der Waals surface area contributed by atoms with Crippen LogP contribution in [-0.4, -0.2) is 12.5 Å². The Kier molecular flexibility index (Phi) is 3.24. The lowest BCUT2D eigenvalue weighted by molar-refractivity contribution is -0.117. The number of amides is 1. The van der Waals surface area contributed by atoms with Gasteiger partial charge in [0.25, 0.3) is 0 Å². The fourth-order valence-corrected chi connectivity index (χ4v) is 3.91. The predicted octanol–water partition coefficient (Wildman–Crippen LogP) is 4.12. The SMILES string of the molecule is CC(=O)N1c2ccc(Cl)cc2[C@H]2OCC[C@H]2[C@@H]1c1ccco1. The number of hydrogen-bond acceptors (Lipinski definition) is 3. The molecule has 0 bridgehead atoms. The van der Waals surface area contributed by atoms with Crippen LogP contribution in [0.3, 0.4) is 0 Å². The highest BCUT2D eigenvalue weighted by atomic mass is 35.5. The van der Waals surface area contributed by atoms with E-state index in [2.05, 4.69) is 0 Å². The third-order valence-corrected chi connectivity index (χ3v) is 4.79. The maximum Gasteiger partial charge on any atom is 0.224 e. The molecule has 0 N–H and O–H groups in total. The van der Waals surface area contributed by atoms with Gasteiger partial charge in [0.05, 0.1) is 18.1 Å². The quantitative estimate of drug-likeness (QED) is 0.794. The minimum atomic E-state index is -0.131. The molecule has 1 amide bonds. The zero-order valence-electron chi connectivity index (χ0n) is 12.2. The van der Waals surface area contributed by atoms with E-state index in [0.717, 1.165) is 23.4 Å². The summed E-state index contributed by atoms with van der Waals surface area (Å²) in [5.41, 5.74) is 1.86. The standard InChI is InChI=1S/C17H16ClNO3/c1-10(20)19-14-5-4-11(18)9-13(14)17-12(6-8-22-17)16(19)15-3-2-7-21-15/h2-5,7,9,12,16-17H,6,8H2,1H3/t12-,16+,17-/m0/s1. The second kappa shape index (κ2) is 5.14. The van der Waals surface area contributed by atoms with Crippen molar-refractivity contribution in [2.75, 3.05) is 11.5 Å². The van der Waals surface area contributed by atoms with Crippen LogP contribution in [0.5, 0.6) is 0 Å². The van der Waals surface area contributed by atoms with Crippen LogP contribution in [0.4, 0.5) is 5.69 Å². The Hall–Kier alpha value is -1.78. The molecule has 5 heteroatoms. The van der Waals surface area contributed by atoms with Gasteiger partial charge in [0, 0.05) is 30.0 Å². The zero-order valence-corrected chi connectivity index (χ0v) is 12.9. The summed E-state index contributed by atoms with van der Waals surface area (Å²) in [6.07, 6.45) is 2.50. The Morgan fingerprint density at radius 3 is 2.95 bits per heavy atom. The van der Waals surface area contributed by atoms with E-state index in [9.17, 15) is 4.79 Å². The topological polar surface area (TPSA) is 42.7 Å². The lowest BCUT2D eigenvalue weighted by Gasteiger charge is -2.42. The van der Waals surface area contributed by atoms with Crippen LogP contribution in [0.2, 0.25) is 5.02 Å². The molecule has 0 spiro atoms. The molecular weight excluding hydrogens is 302 g/mol. The number of anilines is 1. The van der Waals surface area contributed by atoms with E-state index in [1.54, 1.807) is 13.2 Å². The first-order valence-corrected chi connectivity index (χ1v) is 7.79. The maximum absolute atomic E-state index is 12.4. The third-order valence-electron chi connectivity index (χ3n) is 4.55. The zero-order chi connectivity index (χ0) is 15.3. The molecule has 1 aromatic heterocycles. The van der Waals surface area contributed by atoms with Crippen LogP contribution in [0.25, 0.3) is 0 Å². The average molecular weight is 318 g/mol. The molecule has 114 valence electrons. The molecule has 22 heavy (non-hydrogen) atoms. The van der Waals surface area contributed by atoms with E-state index in [1.165, 1.54) is 0 Å². The molecule has 1 aromatic carbocycles. The lowest BCUT2D eigenvalue weighted by atomic mass is 9.81. The molecule has 4 nitrogen and oxygen atoms in total. The number of benzene rings is 1. The van der Waals surface area contributed by atoms with Gasteiger partial charge in [0.15, 0.2) is 0 Å². The second-order valence-corrected chi connectivity index (χ2v) is 6.23. The number of rotatable bonds is 1. The summed E-state index contributed by atoms with van der Waals surface area (Å²) in [6.45, 7) is 2.27. The molecule has 1 saturated heterocycles. The molecule has 2 aliphatic heterocycles. The third kappa shape index (κ3) is 1.98. The second-order valence-electron chi connectivity index (χ2n) is 5.80. The fourth-order valence-electron chi connectivity index (χ4n) is 3.73. The van der Waals surface area contributed by atoms with Crippen molar-refractivity contribution in [3.05, 3.63) is 52.9 Å². The average Bonchev–Trinajstić information content (AvgIpc) is 3.17. The van der Waals surface area contributed by atoms with Crippen molar-refractivity contribution in [1.82, 2.24) is 0 Å². The summed E-state index contributed by atoms with van der Waals surface area (Å²) in [7, 11) is 0. The van der Waals surface area contributed by atoms with E-state index in [1.807, 2.05) is 35.2 Å². The van der Waals surface area contributed by atoms with Crippen molar-refractivity contribution < 1.29 is 13.9 Å². The minimum absolute atomic E-state index is 0.00433. The lowest BCUT2D eigenvalue weighted by Crippen LogP contribution is -2.42. The van der Waals surface area contributed by atoms with Crippen LogP contribution >= 0.6 is 11.6 Å². The van der Waals surface area contributed by atoms with Gasteiger partial charge in [-0.15, -0.1) is 0 Å². The number of fused-ring (bicyclic) bond motifs is 3. The van der Waals surface area contributed by atoms with Crippen LogP contribution in [0, 0.1) is 5.92 Å². The Bertz CT molecular complexity index is 713. The smallest absolute Gasteiger partial charge is 0.224 e. The van der Waals surface area contributed by atoms with Crippen LogP contribution in [-0.2, 0) is 9.53 Å². The van der Waals surface area contributed by atoms with Gasteiger partial charge in [0.1, 0.15) is 11.8 Å². The number of carbonyl (C=O) groups is 1. The van der Waals surface area contributed by atoms with E-state index in [4.69, 9.17) is 20.8 Å². The van der Waals surface area contributed by atoms with E-state index < -0.39 is 0 Å². The molecule has 2 aromatic rings. The summed E-state index contributed by atoms with van der Waals surface area (Å²) in [4.78, 5) is 14.2. The highest BCUT2D eigenvalue weighted by Crippen LogP contribution is 2.53. The first-order valence-electron chi connectivity index (χ1n) is 7.41. The van der Waals surface area contributed by atoms with Crippen molar-refractivity contribution >= 4 is 23.2 Å². The predicted molar refractivity (Wildman–Crippen MR) is 82.9 cm³/mol. The summed E-state index contributed by atoms with van der Waals surface area (Å²) in [6, 6.07) is 9.27. The number of ether oxygens (including phenoxy) is 1. The number of furan rings is 1. The van der Waals surface area contributed by atoms with Crippen molar-refractivity contribution in [2.45, 2.75) is 25.5 Å². The Balaban J connectivity index is 1.92. The number of hydrogen-bond donors (Lipinski definition) is 0. The summed E-state index contributed by atoms with van der Waals surface area (Å²) >= 11 is 6.15. The highest BCUT2D eigenvalue weighted by molar-refractivity contribution is 6.30. The van der Waals surface area contributed by atoms with Gasteiger partial charge in [0.2, 0.25) is 5.91 Å². The molecule has 4 rings (SSSR count). The number of carbonyl (C=O) groups excluding carboxylic acids is 1. The monoisotopic (exact) mass is 317 g/mol. The summed E-state index contributed by atoms with van der Waals surface area (Å²) < 4.78 is 11.6. The van der Waals surface area contributed by atoms with Crippen molar-refractivity contribution in [2.24, 2.45) is 5.92 Å². The van der Waals surface area contributed by atoms with Crippen LogP contribution < -0.4 is 4.90 Å². The van der Waals surface area contributed by atoms with E-state index in [0.29, 0.717) is 11.6 Å². The van der Waals surface area contributed by atoms with Gasteiger partial charge < -0.3 is 14.1 Å². The number of halogens is 1. The fraction of sp³-hybridized carbons (Fsp3) is 0.353. The van der Waals surface area contributed by atoms with Crippen molar-refractivity contribution in [1.29, 1.82) is 0 Å². The summed E-state index contributed by atoms with van der Waals surface area (Å²) in [5, 5.41) is 0.660. The van der Waals surface area contributed by atoms with Crippen LogP contribution in [0.1, 0.15) is 36.8 Å². The largest absolute Gasteiger partial charge is 0.467 e. The molecule has 1 fully saturated rings. The normalized spacial score (nSPS) is 26.6. The molecule has 2 aliphatic rings. The van der Waals surface area contributed by atoms with Gasteiger partial charge in [-0.1, -0.05) is 11.6 Å². The molecule has 0 saturated carbocycles. The van der Waals surface area contributed by atoms with Crippen LogP contribution in [0.15, 0.2) is 41.0 Å². The van der Waals surface area contributed by atoms with Gasteiger partial charge in [-0.25, -0.2) is 0 Å². The van der Waals surface area contributed by atoms with Crippen molar-refractivity contribution in [3.8, 4) is 0 Å². The molecule has 0 radical (unpaired) electrons. The summed E-state index contributed by atoms with van der Waals surface area (Å²) in [5.74, 6) is 0.979. The van der Waals surface area contributed by atoms with E-state index >= 15 is 0 Å². The highest BCUT2D eigenvalue weighted by Gasteiger charge is 2.47. The Morgan fingerprint density at radius 2 is 2.23 bits per heavy atom. The molecule has 3 atom stereocenters. The van der Waals surface area contributed by atoms with Gasteiger partial charge in [-0.05, 0) is 36.8 Å². The van der Waals surface area contributed by atoms with Gasteiger partial charge >= 0.3 is 0 Å². The van der Waals surface area contributed by atoms with Gasteiger partial charge in [-0.2, -0.15) is 0 Å². The first-order chi connectivity index (χ1) is 10.7. The van der Waals surface area contributed by atoms with E-state index in [-0.39, 0.29) is 24.0 Å².